The monoisotopic (exact) mass is 311 g/mol. The summed E-state index contributed by atoms with van der Waals surface area (Å²) < 4.78 is 14.9. The Balaban J connectivity index is 1.84. The molecule has 118 valence electrons. The van der Waals surface area contributed by atoms with Gasteiger partial charge in [-0.05, 0) is 56.9 Å². The van der Waals surface area contributed by atoms with Crippen molar-refractivity contribution >= 4 is 16.9 Å². The number of aryl methyl sites for hydroxylation is 2. The Morgan fingerprint density at radius 3 is 2.61 bits per heavy atom. The first-order valence-electron chi connectivity index (χ1n) is 7.85. The lowest BCUT2D eigenvalue weighted by Gasteiger charge is -2.08. The van der Waals surface area contributed by atoms with Crippen molar-refractivity contribution in [1.29, 1.82) is 0 Å². The van der Waals surface area contributed by atoms with E-state index in [4.69, 9.17) is 0 Å². The molecule has 6 heteroatoms. The first kappa shape index (κ1) is 14.1. The van der Waals surface area contributed by atoms with Crippen LogP contribution in [0, 0.1) is 25.6 Å². The van der Waals surface area contributed by atoms with E-state index in [-0.39, 0.29) is 5.82 Å². The largest absolute Gasteiger partial charge is 0.369 e. The molecule has 0 unspecified atom stereocenters. The maximum absolute atomic E-state index is 13.2. The SMILES string of the molecule is Cc1nc(NCC2CC2)c2c(C)nn(-c3ccc(F)cc3)c2n1. The Hall–Kier alpha value is -2.50. The normalized spacial score (nSPS) is 14.4. The van der Waals surface area contributed by atoms with Crippen LogP contribution in [-0.2, 0) is 0 Å². The molecule has 0 atom stereocenters. The first-order chi connectivity index (χ1) is 11.1. The average Bonchev–Trinajstić information content (AvgIpc) is 3.30. The van der Waals surface area contributed by atoms with Crippen molar-refractivity contribution in [2.24, 2.45) is 5.92 Å². The van der Waals surface area contributed by atoms with Crippen LogP contribution in [0.2, 0.25) is 0 Å². The molecule has 1 N–H and O–H groups in total. The molecule has 5 nitrogen and oxygen atoms in total. The first-order valence-corrected chi connectivity index (χ1v) is 7.85. The molecule has 1 aliphatic rings. The van der Waals surface area contributed by atoms with Crippen LogP contribution in [-0.4, -0.2) is 26.3 Å². The summed E-state index contributed by atoms with van der Waals surface area (Å²) >= 11 is 0. The van der Waals surface area contributed by atoms with Gasteiger partial charge in [-0.2, -0.15) is 5.10 Å². The van der Waals surface area contributed by atoms with E-state index in [1.807, 2.05) is 13.8 Å². The van der Waals surface area contributed by atoms with Crippen molar-refractivity contribution in [2.45, 2.75) is 26.7 Å². The maximum Gasteiger partial charge on any atom is 0.168 e. The van der Waals surface area contributed by atoms with Crippen molar-refractivity contribution in [3.8, 4) is 5.69 Å². The fourth-order valence-corrected chi connectivity index (χ4v) is 2.74. The molecule has 0 spiro atoms. The molecule has 0 aliphatic heterocycles. The summed E-state index contributed by atoms with van der Waals surface area (Å²) in [5, 5.41) is 8.96. The molecule has 1 saturated carbocycles. The summed E-state index contributed by atoms with van der Waals surface area (Å²) in [5.41, 5.74) is 2.40. The highest BCUT2D eigenvalue weighted by Gasteiger charge is 2.22. The quantitative estimate of drug-likeness (QED) is 0.802. The lowest BCUT2D eigenvalue weighted by atomic mass is 10.2. The third kappa shape index (κ3) is 2.65. The van der Waals surface area contributed by atoms with Crippen molar-refractivity contribution < 1.29 is 4.39 Å². The fourth-order valence-electron chi connectivity index (χ4n) is 2.74. The number of fused-ring (bicyclic) bond motifs is 1. The molecule has 0 radical (unpaired) electrons. The summed E-state index contributed by atoms with van der Waals surface area (Å²) in [5.74, 6) is 2.02. The minimum absolute atomic E-state index is 0.264. The van der Waals surface area contributed by atoms with Gasteiger partial charge in [-0.3, -0.25) is 0 Å². The molecule has 4 rings (SSSR count). The number of benzene rings is 1. The van der Waals surface area contributed by atoms with Crippen LogP contribution < -0.4 is 5.32 Å². The van der Waals surface area contributed by atoms with E-state index in [2.05, 4.69) is 20.4 Å². The molecule has 23 heavy (non-hydrogen) atoms. The van der Waals surface area contributed by atoms with Gasteiger partial charge in [0.1, 0.15) is 17.5 Å². The molecule has 2 aromatic heterocycles. The Kier molecular flexibility index (Phi) is 3.25. The zero-order valence-corrected chi connectivity index (χ0v) is 13.2. The van der Waals surface area contributed by atoms with Gasteiger partial charge in [0, 0.05) is 6.54 Å². The third-order valence-corrected chi connectivity index (χ3v) is 4.14. The number of nitrogens with one attached hydrogen (secondary N) is 1. The number of hydrogen-bond acceptors (Lipinski definition) is 4. The van der Waals surface area contributed by atoms with E-state index in [9.17, 15) is 4.39 Å². The Bertz CT molecular complexity index is 865. The lowest BCUT2D eigenvalue weighted by molar-refractivity contribution is 0.627. The van der Waals surface area contributed by atoms with Crippen molar-refractivity contribution in [2.75, 3.05) is 11.9 Å². The summed E-state index contributed by atoms with van der Waals surface area (Å²) in [6.45, 7) is 4.76. The van der Waals surface area contributed by atoms with Gasteiger partial charge in [-0.15, -0.1) is 0 Å². The molecule has 1 aromatic carbocycles. The molecule has 1 aliphatic carbocycles. The zero-order valence-electron chi connectivity index (χ0n) is 13.2. The Morgan fingerprint density at radius 1 is 1.17 bits per heavy atom. The highest BCUT2D eigenvalue weighted by molar-refractivity contribution is 5.90. The third-order valence-electron chi connectivity index (χ3n) is 4.14. The van der Waals surface area contributed by atoms with Crippen LogP contribution in [0.25, 0.3) is 16.7 Å². The van der Waals surface area contributed by atoms with Crippen LogP contribution in [0.15, 0.2) is 24.3 Å². The Labute approximate surface area is 133 Å². The van der Waals surface area contributed by atoms with E-state index >= 15 is 0 Å². The molecule has 3 aromatic rings. The van der Waals surface area contributed by atoms with Crippen LogP contribution in [0.4, 0.5) is 10.2 Å². The van der Waals surface area contributed by atoms with Crippen LogP contribution >= 0.6 is 0 Å². The number of hydrogen-bond donors (Lipinski definition) is 1. The van der Waals surface area contributed by atoms with Gasteiger partial charge < -0.3 is 5.32 Å². The van der Waals surface area contributed by atoms with Gasteiger partial charge in [-0.1, -0.05) is 0 Å². The molecule has 0 saturated heterocycles. The fraction of sp³-hybridized carbons (Fsp3) is 0.353. The predicted molar refractivity (Wildman–Crippen MR) is 87.3 cm³/mol. The van der Waals surface area contributed by atoms with E-state index in [0.29, 0.717) is 5.82 Å². The second-order valence-electron chi connectivity index (χ2n) is 6.12. The number of aromatic nitrogens is 4. The van der Waals surface area contributed by atoms with Gasteiger partial charge in [0.25, 0.3) is 0 Å². The van der Waals surface area contributed by atoms with Gasteiger partial charge in [0.15, 0.2) is 5.65 Å². The molecule has 2 heterocycles. The van der Waals surface area contributed by atoms with Gasteiger partial charge >= 0.3 is 0 Å². The maximum atomic E-state index is 13.2. The van der Waals surface area contributed by atoms with Crippen molar-refractivity contribution in [3.63, 3.8) is 0 Å². The van der Waals surface area contributed by atoms with E-state index in [0.717, 1.165) is 40.7 Å². The highest BCUT2D eigenvalue weighted by Crippen LogP contribution is 2.31. The van der Waals surface area contributed by atoms with Crippen molar-refractivity contribution in [1.82, 2.24) is 19.7 Å². The van der Waals surface area contributed by atoms with Gasteiger partial charge in [0.05, 0.1) is 16.8 Å². The minimum Gasteiger partial charge on any atom is -0.369 e. The molecule has 0 amide bonds. The minimum atomic E-state index is -0.264. The van der Waals surface area contributed by atoms with E-state index < -0.39 is 0 Å². The smallest absolute Gasteiger partial charge is 0.168 e. The molecular weight excluding hydrogens is 293 g/mol. The second-order valence-corrected chi connectivity index (χ2v) is 6.12. The van der Waals surface area contributed by atoms with Crippen LogP contribution in [0.1, 0.15) is 24.4 Å². The molecule has 1 fully saturated rings. The predicted octanol–water partition coefficient (Wildman–Crippen LogP) is 3.39. The van der Waals surface area contributed by atoms with Crippen molar-refractivity contribution in [3.05, 3.63) is 41.6 Å². The summed E-state index contributed by atoms with van der Waals surface area (Å²) in [4.78, 5) is 9.10. The highest BCUT2D eigenvalue weighted by atomic mass is 19.1. The summed E-state index contributed by atoms with van der Waals surface area (Å²) in [6.07, 6.45) is 2.57. The van der Waals surface area contributed by atoms with E-state index in [1.54, 1.807) is 16.8 Å². The summed E-state index contributed by atoms with van der Waals surface area (Å²) in [6, 6.07) is 6.27. The second kappa shape index (κ2) is 5.30. The number of anilines is 1. The number of nitrogens with zero attached hydrogens (tertiary/aromatic N) is 4. The average molecular weight is 311 g/mol. The topological polar surface area (TPSA) is 55.6 Å². The lowest BCUT2D eigenvalue weighted by Crippen LogP contribution is -2.07. The standard InChI is InChI=1S/C17H18FN5/c1-10-15-16(19-9-12-3-4-12)20-11(2)21-17(15)23(22-10)14-7-5-13(18)6-8-14/h5-8,12H,3-4,9H2,1-2H3,(H,19,20,21). The Morgan fingerprint density at radius 2 is 1.91 bits per heavy atom. The zero-order chi connectivity index (χ0) is 16.0. The van der Waals surface area contributed by atoms with Gasteiger partial charge in [0.2, 0.25) is 0 Å². The molecule has 0 bridgehead atoms. The van der Waals surface area contributed by atoms with Crippen LogP contribution in [0.3, 0.4) is 0 Å². The van der Waals surface area contributed by atoms with Gasteiger partial charge in [-0.25, -0.2) is 19.0 Å². The number of halogens is 1. The van der Waals surface area contributed by atoms with E-state index in [1.165, 1.54) is 25.0 Å². The summed E-state index contributed by atoms with van der Waals surface area (Å²) in [7, 11) is 0. The number of rotatable bonds is 4. The van der Waals surface area contributed by atoms with Crippen LogP contribution in [0.5, 0.6) is 0 Å². The molecular formula is C17H18FN5.